The van der Waals surface area contributed by atoms with Crippen molar-refractivity contribution in [1.82, 2.24) is 9.78 Å². The molecule has 0 bridgehead atoms. The van der Waals surface area contributed by atoms with Crippen molar-refractivity contribution < 1.29 is 13.9 Å². The predicted molar refractivity (Wildman–Crippen MR) is 115 cm³/mol. The highest BCUT2D eigenvalue weighted by molar-refractivity contribution is 5.89. The highest BCUT2D eigenvalue weighted by atomic mass is 16.5. The van der Waals surface area contributed by atoms with Gasteiger partial charge in [0.15, 0.2) is 0 Å². The minimum Gasteiger partial charge on any atom is -0.497 e. The predicted octanol–water partition coefficient (Wildman–Crippen LogP) is 4.77. The van der Waals surface area contributed by atoms with Crippen LogP contribution < -0.4 is 10.1 Å². The molecule has 1 amide bonds. The molecule has 0 radical (unpaired) electrons. The lowest BCUT2D eigenvalue weighted by Crippen LogP contribution is -2.16. The fourth-order valence-electron chi connectivity index (χ4n) is 3.19. The Morgan fingerprint density at radius 1 is 1.03 bits per heavy atom. The Labute approximate surface area is 175 Å². The summed E-state index contributed by atoms with van der Waals surface area (Å²) in [5.74, 6) is 2.95. The van der Waals surface area contributed by atoms with Gasteiger partial charge in [-0.1, -0.05) is 30.3 Å². The van der Waals surface area contributed by atoms with E-state index < -0.39 is 0 Å². The summed E-state index contributed by atoms with van der Waals surface area (Å²) in [6.07, 6.45) is 2.53. The number of rotatable bonds is 8. The van der Waals surface area contributed by atoms with Crippen molar-refractivity contribution in [3.05, 3.63) is 90.3 Å². The molecule has 2 aromatic carbocycles. The molecule has 6 heteroatoms. The van der Waals surface area contributed by atoms with Crippen LogP contribution in [-0.4, -0.2) is 22.8 Å². The molecule has 4 aromatic rings. The van der Waals surface area contributed by atoms with Gasteiger partial charge in [-0.3, -0.25) is 4.79 Å². The smallest absolute Gasteiger partial charge is 0.225 e. The summed E-state index contributed by atoms with van der Waals surface area (Å²) in [5, 5.41) is 7.24. The quantitative estimate of drug-likeness (QED) is 0.462. The largest absolute Gasteiger partial charge is 0.497 e. The molecule has 1 N–H and O–H groups in total. The van der Waals surface area contributed by atoms with Crippen LogP contribution in [0.1, 0.15) is 17.7 Å². The van der Waals surface area contributed by atoms with Gasteiger partial charge in [0.1, 0.15) is 23.1 Å². The van der Waals surface area contributed by atoms with E-state index in [1.54, 1.807) is 24.1 Å². The summed E-state index contributed by atoms with van der Waals surface area (Å²) in [7, 11) is 1.64. The van der Waals surface area contributed by atoms with Crippen molar-refractivity contribution >= 4 is 11.7 Å². The number of furan rings is 1. The topological polar surface area (TPSA) is 69.3 Å². The summed E-state index contributed by atoms with van der Waals surface area (Å²) < 4.78 is 12.9. The average molecular weight is 401 g/mol. The van der Waals surface area contributed by atoms with Gasteiger partial charge in [-0.05, 0) is 42.0 Å². The van der Waals surface area contributed by atoms with Gasteiger partial charge in [-0.15, -0.1) is 0 Å². The number of amides is 1. The summed E-state index contributed by atoms with van der Waals surface area (Å²) in [6.45, 7) is 0.604. The van der Waals surface area contributed by atoms with Crippen LogP contribution in [0.2, 0.25) is 0 Å². The number of hydrogen-bond acceptors (Lipinski definition) is 4. The van der Waals surface area contributed by atoms with E-state index in [9.17, 15) is 4.79 Å². The van der Waals surface area contributed by atoms with Crippen LogP contribution in [0.15, 0.2) is 83.4 Å². The molecule has 152 valence electrons. The first kappa shape index (κ1) is 19.5. The van der Waals surface area contributed by atoms with Crippen molar-refractivity contribution in [1.29, 1.82) is 0 Å². The summed E-state index contributed by atoms with van der Waals surface area (Å²) >= 11 is 0. The molecule has 0 aliphatic heterocycles. The third-order valence-corrected chi connectivity index (χ3v) is 4.79. The standard InChI is InChI=1S/C24H23N3O3/c1-29-20-9-7-19(8-10-20)22-13-11-21(30-22)12-14-24(28)26-23-15-16-25-27(23)17-18-5-3-2-4-6-18/h2-11,13,15-16H,12,14,17H2,1H3,(H,26,28). The fraction of sp³-hybridized carbons (Fsp3) is 0.167. The number of methoxy groups -OCH3 is 1. The van der Waals surface area contributed by atoms with E-state index in [1.807, 2.05) is 66.7 Å². The zero-order valence-electron chi connectivity index (χ0n) is 16.7. The first-order valence-corrected chi connectivity index (χ1v) is 9.80. The molecule has 0 saturated heterocycles. The molecule has 0 spiro atoms. The molecule has 30 heavy (non-hydrogen) atoms. The second kappa shape index (κ2) is 9.13. The second-order valence-corrected chi connectivity index (χ2v) is 6.90. The second-order valence-electron chi connectivity index (χ2n) is 6.90. The van der Waals surface area contributed by atoms with Crippen LogP contribution >= 0.6 is 0 Å². The van der Waals surface area contributed by atoms with E-state index in [4.69, 9.17) is 9.15 Å². The van der Waals surface area contributed by atoms with E-state index >= 15 is 0 Å². The molecule has 4 rings (SSSR count). The lowest BCUT2D eigenvalue weighted by Gasteiger charge is -2.09. The molecule has 0 fully saturated rings. The van der Waals surface area contributed by atoms with Crippen LogP contribution in [0, 0.1) is 0 Å². The molecular weight excluding hydrogens is 378 g/mol. The summed E-state index contributed by atoms with van der Waals surface area (Å²) in [4.78, 5) is 12.4. The van der Waals surface area contributed by atoms with Crippen molar-refractivity contribution in [2.24, 2.45) is 0 Å². The monoisotopic (exact) mass is 401 g/mol. The number of aryl methyl sites for hydroxylation is 1. The number of carbonyl (C=O) groups excluding carboxylic acids is 1. The molecule has 2 heterocycles. The highest BCUT2D eigenvalue weighted by Gasteiger charge is 2.11. The van der Waals surface area contributed by atoms with E-state index in [2.05, 4.69) is 10.4 Å². The van der Waals surface area contributed by atoms with Gasteiger partial charge in [0, 0.05) is 24.5 Å². The lowest BCUT2D eigenvalue weighted by molar-refractivity contribution is -0.116. The van der Waals surface area contributed by atoms with Gasteiger partial charge >= 0.3 is 0 Å². The maximum absolute atomic E-state index is 12.4. The number of hydrogen-bond donors (Lipinski definition) is 1. The molecule has 2 aromatic heterocycles. The van der Waals surface area contributed by atoms with Crippen LogP contribution in [0.25, 0.3) is 11.3 Å². The number of nitrogens with one attached hydrogen (secondary N) is 1. The maximum atomic E-state index is 12.4. The summed E-state index contributed by atoms with van der Waals surface area (Å²) in [5.41, 5.74) is 2.09. The van der Waals surface area contributed by atoms with Gasteiger partial charge in [0.2, 0.25) is 5.91 Å². The third-order valence-electron chi connectivity index (χ3n) is 4.79. The zero-order chi connectivity index (χ0) is 20.8. The highest BCUT2D eigenvalue weighted by Crippen LogP contribution is 2.25. The Hall–Kier alpha value is -3.80. The zero-order valence-corrected chi connectivity index (χ0v) is 16.7. The summed E-state index contributed by atoms with van der Waals surface area (Å²) in [6, 6.07) is 23.3. The first-order chi connectivity index (χ1) is 14.7. The Bertz CT molecular complexity index is 1100. The third kappa shape index (κ3) is 4.78. The molecule has 0 aliphatic rings. The maximum Gasteiger partial charge on any atom is 0.225 e. The van der Waals surface area contributed by atoms with Gasteiger partial charge in [-0.2, -0.15) is 5.10 Å². The van der Waals surface area contributed by atoms with Gasteiger partial charge in [0.05, 0.1) is 19.9 Å². The average Bonchev–Trinajstić information content (AvgIpc) is 3.43. The van der Waals surface area contributed by atoms with Gasteiger partial charge in [0.25, 0.3) is 0 Å². The van der Waals surface area contributed by atoms with Crippen LogP contribution in [0.4, 0.5) is 5.82 Å². The van der Waals surface area contributed by atoms with Crippen molar-refractivity contribution in [2.75, 3.05) is 12.4 Å². The van der Waals surface area contributed by atoms with Crippen molar-refractivity contribution in [2.45, 2.75) is 19.4 Å². The van der Waals surface area contributed by atoms with Crippen LogP contribution in [0.5, 0.6) is 5.75 Å². The van der Waals surface area contributed by atoms with Gasteiger partial charge < -0.3 is 14.5 Å². The Morgan fingerprint density at radius 2 is 1.83 bits per heavy atom. The van der Waals surface area contributed by atoms with Crippen molar-refractivity contribution in [3.8, 4) is 17.1 Å². The minimum absolute atomic E-state index is 0.0767. The number of nitrogens with zero attached hydrogens (tertiary/aromatic N) is 2. The number of anilines is 1. The van der Waals surface area contributed by atoms with E-state index in [1.165, 1.54) is 0 Å². The molecule has 0 saturated carbocycles. The molecule has 0 atom stereocenters. The van der Waals surface area contributed by atoms with Gasteiger partial charge in [-0.25, -0.2) is 4.68 Å². The molecular formula is C24H23N3O3. The molecule has 0 unspecified atom stereocenters. The number of carbonyl (C=O) groups is 1. The normalized spacial score (nSPS) is 10.7. The van der Waals surface area contributed by atoms with E-state index in [0.717, 1.165) is 28.4 Å². The number of benzene rings is 2. The Morgan fingerprint density at radius 3 is 2.60 bits per heavy atom. The molecule has 6 nitrogen and oxygen atoms in total. The molecule has 0 aliphatic carbocycles. The lowest BCUT2D eigenvalue weighted by atomic mass is 10.2. The number of aromatic nitrogens is 2. The van der Waals surface area contributed by atoms with E-state index in [-0.39, 0.29) is 5.91 Å². The Kier molecular flexibility index (Phi) is 5.94. The minimum atomic E-state index is -0.0767. The van der Waals surface area contributed by atoms with Crippen LogP contribution in [0.3, 0.4) is 0 Å². The Balaban J connectivity index is 1.32. The first-order valence-electron chi connectivity index (χ1n) is 9.80. The fourth-order valence-corrected chi connectivity index (χ4v) is 3.19. The number of ether oxygens (including phenoxy) is 1. The van der Waals surface area contributed by atoms with E-state index in [0.29, 0.717) is 25.2 Å². The SMILES string of the molecule is COc1ccc(-c2ccc(CCC(=O)Nc3ccnn3Cc3ccccc3)o2)cc1. The van der Waals surface area contributed by atoms with Crippen molar-refractivity contribution in [3.63, 3.8) is 0 Å². The van der Waals surface area contributed by atoms with Crippen LogP contribution in [-0.2, 0) is 17.8 Å².